The predicted octanol–water partition coefficient (Wildman–Crippen LogP) is 6.59. The maximum atomic E-state index is 13.5. The fraction of sp³-hybridized carbons (Fsp3) is 0.378. The lowest BCUT2D eigenvalue weighted by atomic mass is 9.84. The van der Waals surface area contributed by atoms with Gasteiger partial charge in [0.25, 0.3) is 0 Å². The first-order valence-electron chi connectivity index (χ1n) is 15.9. The van der Waals surface area contributed by atoms with Crippen LogP contribution in [0.5, 0.6) is 0 Å². The lowest BCUT2D eigenvalue weighted by Crippen LogP contribution is -2.25. The Labute approximate surface area is 269 Å². The van der Waals surface area contributed by atoms with Crippen molar-refractivity contribution in [3.05, 3.63) is 104 Å². The molecule has 5 aliphatic heterocycles. The molecule has 0 spiro atoms. The van der Waals surface area contributed by atoms with E-state index in [1.54, 1.807) is 6.92 Å². The quantitative estimate of drug-likeness (QED) is 0.310. The number of hydrogen-bond donors (Lipinski definition) is 2. The van der Waals surface area contributed by atoms with Gasteiger partial charge in [-0.3, -0.25) is 9.59 Å². The number of carbonyl (C=O) groups is 2. The zero-order valence-corrected chi connectivity index (χ0v) is 27.5. The number of rotatable bonds is 7. The minimum Gasteiger partial charge on any atom is -0.510 e. The third kappa shape index (κ3) is 4.80. The van der Waals surface area contributed by atoms with E-state index in [0.717, 1.165) is 68.5 Å². The van der Waals surface area contributed by atoms with Gasteiger partial charge in [-0.15, -0.1) is 0 Å². The summed E-state index contributed by atoms with van der Waals surface area (Å²) < 4.78 is 10.5. The van der Waals surface area contributed by atoms with Crippen molar-refractivity contribution in [3.63, 3.8) is 0 Å². The molecule has 0 aromatic carbocycles. The fourth-order valence-corrected chi connectivity index (χ4v) is 7.26. The highest BCUT2D eigenvalue weighted by Crippen LogP contribution is 2.49. The van der Waals surface area contributed by atoms with Gasteiger partial charge in [0.05, 0.1) is 47.9 Å². The van der Waals surface area contributed by atoms with Crippen molar-refractivity contribution in [1.29, 1.82) is 0 Å². The fourth-order valence-electron chi connectivity index (χ4n) is 7.26. The summed E-state index contributed by atoms with van der Waals surface area (Å²) in [6.45, 7) is 16.2. The van der Waals surface area contributed by atoms with Crippen molar-refractivity contribution in [2.75, 3.05) is 13.7 Å². The van der Waals surface area contributed by atoms with Crippen molar-refractivity contribution in [3.8, 4) is 0 Å². The molecular formula is C37H40N4O5. The van der Waals surface area contributed by atoms with Gasteiger partial charge in [0.2, 0.25) is 0 Å². The standard InChI is InChI=1S/C37H40N4O5/c1-9-21-17(4)24-14-26-19(6)23(12-13-30(42)45-8)34(40-26)32-33(37(44)46-11-3)36(43)31-20(7)27(41-35(31)32)16-29-22(10-2)18(5)25(39-29)15-28(21)38-24/h9,14-16,19,23,33,40,43H,1,10-13H2,2-8H3/t19-,23-,33-/m0/s1. The van der Waals surface area contributed by atoms with E-state index in [0.29, 0.717) is 29.0 Å². The van der Waals surface area contributed by atoms with Crippen molar-refractivity contribution in [1.82, 2.24) is 5.32 Å². The largest absolute Gasteiger partial charge is 0.510 e. The summed E-state index contributed by atoms with van der Waals surface area (Å²) >= 11 is 0. The van der Waals surface area contributed by atoms with Gasteiger partial charge in [-0.2, -0.15) is 0 Å². The van der Waals surface area contributed by atoms with Crippen molar-refractivity contribution in [2.45, 2.75) is 60.8 Å². The normalized spacial score (nSPS) is 25.0. The highest BCUT2D eigenvalue weighted by atomic mass is 16.5. The molecule has 46 heavy (non-hydrogen) atoms. The number of fused-ring (bicyclic) bond motifs is 5. The summed E-state index contributed by atoms with van der Waals surface area (Å²) in [5, 5.41) is 15.4. The van der Waals surface area contributed by atoms with Gasteiger partial charge in [-0.1, -0.05) is 26.5 Å². The second-order valence-corrected chi connectivity index (χ2v) is 12.2. The van der Waals surface area contributed by atoms with Crippen molar-refractivity contribution in [2.24, 2.45) is 32.7 Å². The molecule has 0 unspecified atom stereocenters. The lowest BCUT2D eigenvalue weighted by molar-refractivity contribution is -0.146. The molecule has 9 nitrogen and oxygen atoms in total. The lowest BCUT2D eigenvalue weighted by Gasteiger charge is -2.20. The van der Waals surface area contributed by atoms with Crippen LogP contribution in [0, 0.1) is 17.8 Å². The topological polar surface area (TPSA) is 122 Å². The van der Waals surface area contributed by atoms with E-state index < -0.39 is 11.9 Å². The van der Waals surface area contributed by atoms with Crippen LogP contribution in [0.3, 0.4) is 0 Å². The summed E-state index contributed by atoms with van der Waals surface area (Å²) in [6.07, 6.45) is 9.27. The molecule has 1 saturated heterocycles. The molecule has 0 amide bonds. The number of hydrogen-bond acceptors (Lipinski definition) is 9. The molecule has 3 atom stereocenters. The summed E-state index contributed by atoms with van der Waals surface area (Å²) in [5.41, 5.74) is 12.0. The third-order valence-corrected chi connectivity index (χ3v) is 9.83. The van der Waals surface area contributed by atoms with Gasteiger partial charge in [0.1, 0.15) is 11.7 Å². The van der Waals surface area contributed by atoms with Crippen molar-refractivity contribution >= 4 is 29.1 Å². The Bertz CT molecular complexity index is 1850. The van der Waals surface area contributed by atoms with Gasteiger partial charge in [0, 0.05) is 46.4 Å². The first-order chi connectivity index (χ1) is 22.0. The second-order valence-electron chi connectivity index (χ2n) is 12.2. The van der Waals surface area contributed by atoms with Gasteiger partial charge in [-0.05, 0) is 81.1 Å². The minimum atomic E-state index is -1.05. The molecule has 238 valence electrons. The highest BCUT2D eigenvalue weighted by Gasteiger charge is 2.49. The van der Waals surface area contributed by atoms with Crippen LogP contribution in [0.25, 0.3) is 0 Å². The molecule has 9 heteroatoms. The summed E-state index contributed by atoms with van der Waals surface area (Å²) in [7, 11) is 1.38. The molecule has 0 saturated carbocycles. The maximum Gasteiger partial charge on any atom is 0.321 e. The number of aliphatic hydroxyl groups excluding tert-OH is 1. The first-order valence-corrected chi connectivity index (χ1v) is 15.9. The summed E-state index contributed by atoms with van der Waals surface area (Å²) in [5.74, 6) is -2.28. The summed E-state index contributed by atoms with van der Waals surface area (Å²) in [6, 6.07) is 0. The Balaban J connectivity index is 1.66. The number of aliphatic hydroxyl groups is 1. The maximum absolute atomic E-state index is 13.5. The molecule has 1 fully saturated rings. The molecule has 2 N–H and O–H groups in total. The van der Waals surface area contributed by atoms with E-state index in [1.165, 1.54) is 7.11 Å². The number of allylic oxidation sites excluding steroid dienone is 11. The minimum absolute atomic E-state index is 0.0782. The molecular weight excluding hydrogens is 580 g/mol. The summed E-state index contributed by atoms with van der Waals surface area (Å²) in [4.78, 5) is 41.0. The number of methoxy groups -OCH3 is 1. The molecule has 6 aliphatic rings. The van der Waals surface area contributed by atoms with Crippen LogP contribution in [0.2, 0.25) is 0 Å². The third-order valence-electron chi connectivity index (χ3n) is 9.83. The Morgan fingerprint density at radius 3 is 2.41 bits per heavy atom. The van der Waals surface area contributed by atoms with Crippen LogP contribution in [-0.2, 0) is 19.1 Å². The second kappa shape index (κ2) is 11.9. The van der Waals surface area contributed by atoms with E-state index in [9.17, 15) is 14.7 Å². The number of aliphatic imine (C=N–C) groups is 3. The molecule has 8 bridgehead atoms. The monoisotopic (exact) mass is 620 g/mol. The predicted molar refractivity (Wildman–Crippen MR) is 179 cm³/mol. The molecule has 6 rings (SSSR count). The highest BCUT2D eigenvalue weighted by molar-refractivity contribution is 6.24. The van der Waals surface area contributed by atoms with Crippen LogP contribution in [-0.4, -0.2) is 47.9 Å². The van der Waals surface area contributed by atoms with Gasteiger partial charge < -0.3 is 19.9 Å². The first kappa shape index (κ1) is 31.2. The molecule has 5 heterocycles. The Morgan fingerprint density at radius 2 is 1.74 bits per heavy atom. The van der Waals surface area contributed by atoms with E-state index in [-0.39, 0.29) is 36.6 Å². The zero-order valence-electron chi connectivity index (χ0n) is 27.5. The molecule has 0 radical (unpaired) electrons. The Hall–Kier alpha value is -4.79. The number of nitrogens with zero attached hydrogens (tertiary/aromatic N) is 3. The average Bonchev–Trinajstić information content (AvgIpc) is 3.77. The van der Waals surface area contributed by atoms with Crippen LogP contribution in [0.4, 0.5) is 0 Å². The number of esters is 2. The Kier molecular flexibility index (Phi) is 8.04. The van der Waals surface area contributed by atoms with Crippen LogP contribution < -0.4 is 5.32 Å². The van der Waals surface area contributed by atoms with E-state index in [1.807, 2.05) is 38.2 Å². The van der Waals surface area contributed by atoms with Gasteiger partial charge in [-0.25, -0.2) is 15.0 Å². The van der Waals surface area contributed by atoms with E-state index in [2.05, 4.69) is 32.7 Å². The van der Waals surface area contributed by atoms with Crippen molar-refractivity contribution < 1.29 is 24.2 Å². The Morgan fingerprint density at radius 1 is 1.02 bits per heavy atom. The van der Waals surface area contributed by atoms with Gasteiger partial charge >= 0.3 is 11.9 Å². The van der Waals surface area contributed by atoms with Crippen LogP contribution in [0.1, 0.15) is 60.8 Å². The SMILES string of the molecule is C=CC1=C(C)C2=NC1=CC1=NC(=CC3=C(C)C4=C(O)[C@@H](C(=O)OCC)C(=C5NC(=C2)[C@@H](C)[C@@H]5CCC(=O)OC)C4=N3)C(CC)=C1C. The van der Waals surface area contributed by atoms with E-state index >= 15 is 0 Å². The van der Waals surface area contributed by atoms with Crippen LogP contribution in [0.15, 0.2) is 119 Å². The number of ether oxygens (including phenoxy) is 2. The van der Waals surface area contributed by atoms with Gasteiger partial charge in [0.15, 0.2) is 0 Å². The van der Waals surface area contributed by atoms with E-state index in [4.69, 9.17) is 24.5 Å². The zero-order chi connectivity index (χ0) is 33.0. The van der Waals surface area contributed by atoms with Crippen LogP contribution >= 0.6 is 0 Å². The number of carbonyl (C=O) groups excluding carboxylic acids is 2. The molecule has 0 aromatic heterocycles. The average molecular weight is 621 g/mol. The molecule has 1 aliphatic carbocycles. The molecule has 0 aromatic rings. The smallest absolute Gasteiger partial charge is 0.321 e. The number of nitrogens with one attached hydrogen (secondary N) is 1.